The number of para-hydroxylation sites is 1. The molecule has 1 atom stereocenters. The lowest BCUT2D eigenvalue weighted by atomic mass is 9.84. The Morgan fingerprint density at radius 1 is 1.00 bits per heavy atom. The summed E-state index contributed by atoms with van der Waals surface area (Å²) in [6, 6.07) is 23.3. The number of carbonyl (C=O) groups is 2. The molecular weight excluding hydrogens is 452 g/mol. The minimum atomic E-state index is -0.127. The lowest BCUT2D eigenvalue weighted by Crippen LogP contribution is -2.42. The van der Waals surface area contributed by atoms with Gasteiger partial charge >= 0.3 is 0 Å². The second-order valence-electron chi connectivity index (χ2n) is 9.25. The van der Waals surface area contributed by atoms with Gasteiger partial charge in [0.2, 0.25) is 5.91 Å². The van der Waals surface area contributed by atoms with Crippen LogP contribution in [0.15, 0.2) is 89.7 Å². The van der Waals surface area contributed by atoms with Crippen LogP contribution >= 0.6 is 0 Å². The van der Waals surface area contributed by atoms with Crippen LogP contribution in [-0.4, -0.2) is 39.6 Å². The second-order valence-corrected chi connectivity index (χ2v) is 9.25. The van der Waals surface area contributed by atoms with E-state index >= 15 is 0 Å². The third kappa shape index (κ3) is 5.10. The van der Waals surface area contributed by atoms with Gasteiger partial charge < -0.3 is 14.6 Å². The Kier molecular flexibility index (Phi) is 6.98. The van der Waals surface area contributed by atoms with Gasteiger partial charge in [-0.1, -0.05) is 55.5 Å². The van der Waals surface area contributed by atoms with Crippen LogP contribution in [0.25, 0.3) is 16.9 Å². The molecule has 7 heteroatoms. The molecule has 1 unspecified atom stereocenters. The molecule has 2 aromatic carbocycles. The quantitative estimate of drug-likeness (QED) is 0.405. The number of benzene rings is 2. The molecule has 1 aliphatic heterocycles. The number of hydrogen-bond acceptors (Lipinski definition) is 4. The molecule has 2 amide bonds. The average Bonchev–Trinajstić information content (AvgIpc) is 3.63. The molecule has 36 heavy (non-hydrogen) atoms. The lowest BCUT2D eigenvalue weighted by Gasteiger charge is -2.34. The first-order valence-electron chi connectivity index (χ1n) is 12.4. The fourth-order valence-electron chi connectivity index (χ4n) is 4.79. The van der Waals surface area contributed by atoms with Crippen LogP contribution < -0.4 is 5.32 Å². The number of likely N-dealkylation sites (tertiary alicyclic amines) is 1. The molecule has 1 saturated heterocycles. The molecule has 0 aliphatic carbocycles. The van der Waals surface area contributed by atoms with Crippen LogP contribution in [0.5, 0.6) is 0 Å². The van der Waals surface area contributed by atoms with Crippen molar-refractivity contribution in [3.8, 4) is 16.9 Å². The molecule has 2 aromatic heterocycles. The number of piperidine rings is 1. The Morgan fingerprint density at radius 3 is 2.36 bits per heavy atom. The van der Waals surface area contributed by atoms with E-state index in [1.807, 2.05) is 90.8 Å². The molecule has 1 fully saturated rings. The maximum atomic E-state index is 13.7. The summed E-state index contributed by atoms with van der Waals surface area (Å²) >= 11 is 0. The van der Waals surface area contributed by atoms with Crippen molar-refractivity contribution in [1.82, 2.24) is 20.0 Å². The van der Waals surface area contributed by atoms with Crippen molar-refractivity contribution in [1.29, 1.82) is 0 Å². The molecule has 0 spiro atoms. The summed E-state index contributed by atoms with van der Waals surface area (Å²) in [4.78, 5) is 28.2. The van der Waals surface area contributed by atoms with E-state index in [-0.39, 0.29) is 23.7 Å². The SMILES string of the molecule is CC(C(=O)NCc1ccco1)C1CCN(C(=O)c2cn(-c3ccccc3)nc2-c2ccccc2)CC1. The van der Waals surface area contributed by atoms with Crippen LogP contribution in [0.1, 0.15) is 35.9 Å². The van der Waals surface area contributed by atoms with Gasteiger partial charge in [-0.25, -0.2) is 4.68 Å². The molecule has 7 nitrogen and oxygen atoms in total. The standard InChI is InChI=1S/C29H30N4O3/c1-21(28(34)30-19-25-13-8-18-36-25)22-14-16-32(17-15-22)29(35)26-20-33(24-11-6-3-7-12-24)31-27(26)23-9-4-2-5-10-23/h2-13,18,20-22H,14-17,19H2,1H3,(H,30,34). The Hall–Kier alpha value is -4.13. The van der Waals surface area contributed by atoms with Gasteiger partial charge in [0.05, 0.1) is 24.1 Å². The monoisotopic (exact) mass is 482 g/mol. The zero-order valence-electron chi connectivity index (χ0n) is 20.3. The number of nitrogens with zero attached hydrogens (tertiary/aromatic N) is 3. The van der Waals surface area contributed by atoms with Gasteiger partial charge in [-0.05, 0) is 43.0 Å². The van der Waals surface area contributed by atoms with Gasteiger partial charge in [0, 0.05) is 30.8 Å². The number of amides is 2. The molecule has 184 valence electrons. The van der Waals surface area contributed by atoms with Crippen LogP contribution in [-0.2, 0) is 11.3 Å². The Bertz CT molecular complexity index is 1290. The number of aromatic nitrogens is 2. The third-order valence-electron chi connectivity index (χ3n) is 6.98. The average molecular weight is 483 g/mol. The predicted molar refractivity (Wildman–Crippen MR) is 137 cm³/mol. The van der Waals surface area contributed by atoms with Crippen molar-refractivity contribution in [3.63, 3.8) is 0 Å². The minimum absolute atomic E-state index is 0.0201. The zero-order valence-corrected chi connectivity index (χ0v) is 20.3. The van der Waals surface area contributed by atoms with E-state index < -0.39 is 0 Å². The first kappa shape index (κ1) is 23.6. The van der Waals surface area contributed by atoms with Gasteiger partial charge in [0.15, 0.2) is 0 Å². The van der Waals surface area contributed by atoms with Crippen molar-refractivity contribution in [3.05, 3.63) is 96.6 Å². The van der Waals surface area contributed by atoms with Crippen molar-refractivity contribution in [2.24, 2.45) is 11.8 Å². The van der Waals surface area contributed by atoms with Gasteiger partial charge in [-0.3, -0.25) is 9.59 Å². The van der Waals surface area contributed by atoms with Crippen LogP contribution in [0.3, 0.4) is 0 Å². The number of hydrogen-bond donors (Lipinski definition) is 1. The molecule has 0 bridgehead atoms. The van der Waals surface area contributed by atoms with Crippen molar-refractivity contribution >= 4 is 11.8 Å². The summed E-state index contributed by atoms with van der Waals surface area (Å²) in [7, 11) is 0. The van der Waals surface area contributed by atoms with E-state index in [1.54, 1.807) is 10.9 Å². The van der Waals surface area contributed by atoms with E-state index in [0.29, 0.717) is 30.9 Å². The fraction of sp³-hybridized carbons (Fsp3) is 0.276. The normalized spacial score (nSPS) is 15.0. The largest absolute Gasteiger partial charge is 0.467 e. The number of rotatable bonds is 7. The van der Waals surface area contributed by atoms with E-state index in [1.165, 1.54) is 0 Å². The van der Waals surface area contributed by atoms with E-state index in [4.69, 9.17) is 9.52 Å². The molecule has 0 radical (unpaired) electrons. The summed E-state index contributed by atoms with van der Waals surface area (Å²) < 4.78 is 7.07. The Morgan fingerprint density at radius 2 is 1.69 bits per heavy atom. The van der Waals surface area contributed by atoms with E-state index in [9.17, 15) is 9.59 Å². The van der Waals surface area contributed by atoms with Crippen LogP contribution in [0.2, 0.25) is 0 Å². The first-order valence-corrected chi connectivity index (χ1v) is 12.4. The van der Waals surface area contributed by atoms with Crippen LogP contribution in [0, 0.1) is 11.8 Å². The zero-order chi connectivity index (χ0) is 24.9. The Labute approximate surface area is 210 Å². The van der Waals surface area contributed by atoms with Crippen molar-refractivity contribution in [2.75, 3.05) is 13.1 Å². The van der Waals surface area contributed by atoms with E-state index in [2.05, 4.69) is 5.32 Å². The lowest BCUT2D eigenvalue weighted by molar-refractivity contribution is -0.126. The summed E-state index contributed by atoms with van der Waals surface area (Å²) in [5.74, 6) is 0.835. The van der Waals surface area contributed by atoms with Gasteiger partial charge in [-0.2, -0.15) is 5.10 Å². The molecule has 1 aliphatic rings. The third-order valence-corrected chi connectivity index (χ3v) is 6.98. The van der Waals surface area contributed by atoms with Crippen molar-refractivity contribution in [2.45, 2.75) is 26.3 Å². The van der Waals surface area contributed by atoms with Gasteiger partial charge in [0.25, 0.3) is 5.91 Å². The highest BCUT2D eigenvalue weighted by atomic mass is 16.3. The maximum Gasteiger partial charge on any atom is 0.257 e. The number of furan rings is 1. The molecule has 5 rings (SSSR count). The number of nitrogens with one attached hydrogen (secondary N) is 1. The summed E-state index contributed by atoms with van der Waals surface area (Å²) in [5.41, 5.74) is 3.08. The molecule has 1 N–H and O–H groups in total. The highest BCUT2D eigenvalue weighted by Crippen LogP contribution is 2.29. The van der Waals surface area contributed by atoms with Crippen molar-refractivity contribution < 1.29 is 14.0 Å². The van der Waals surface area contributed by atoms with Crippen LogP contribution in [0.4, 0.5) is 0 Å². The smallest absolute Gasteiger partial charge is 0.257 e. The number of carbonyl (C=O) groups excluding carboxylic acids is 2. The highest BCUT2D eigenvalue weighted by molar-refractivity contribution is 6.00. The molecular formula is C29H30N4O3. The maximum absolute atomic E-state index is 13.7. The molecule has 4 aromatic rings. The summed E-state index contributed by atoms with van der Waals surface area (Å²) in [6.07, 6.45) is 5.00. The minimum Gasteiger partial charge on any atom is -0.467 e. The van der Waals surface area contributed by atoms with Gasteiger partial charge in [0.1, 0.15) is 11.5 Å². The second kappa shape index (κ2) is 10.6. The van der Waals surface area contributed by atoms with E-state index in [0.717, 1.165) is 29.9 Å². The Balaban J connectivity index is 1.28. The summed E-state index contributed by atoms with van der Waals surface area (Å²) in [5, 5.41) is 7.74. The topological polar surface area (TPSA) is 80.4 Å². The molecule has 0 saturated carbocycles. The predicted octanol–water partition coefficient (Wildman–Crippen LogP) is 4.94. The first-order chi connectivity index (χ1) is 17.6. The fourth-order valence-corrected chi connectivity index (χ4v) is 4.79. The highest BCUT2D eigenvalue weighted by Gasteiger charge is 2.31. The van der Waals surface area contributed by atoms with Gasteiger partial charge in [-0.15, -0.1) is 0 Å². The molecule has 3 heterocycles. The summed E-state index contributed by atoms with van der Waals surface area (Å²) in [6.45, 7) is 3.59.